The Hall–Kier alpha value is -1.26. The van der Waals surface area contributed by atoms with Crippen LogP contribution in [0.25, 0.3) is 0 Å². The lowest BCUT2D eigenvalue weighted by Gasteiger charge is -2.19. The minimum atomic E-state index is -3.37. The van der Waals surface area contributed by atoms with Crippen LogP contribution in [0.4, 0.5) is 5.69 Å². The second kappa shape index (κ2) is 3.72. The standard InChI is InChI=1S/C10H8ClNO2S/c11-9-3-5-10(6-4-9)12-7-1-2-8-15(12,13)14/h1-8H. The van der Waals surface area contributed by atoms with Gasteiger partial charge in [0.05, 0.1) is 11.1 Å². The number of halogens is 1. The largest absolute Gasteiger partial charge is 0.261 e. The van der Waals surface area contributed by atoms with Gasteiger partial charge < -0.3 is 0 Å². The van der Waals surface area contributed by atoms with Crippen molar-refractivity contribution < 1.29 is 8.42 Å². The number of rotatable bonds is 1. The molecule has 1 aliphatic heterocycles. The number of benzene rings is 1. The summed E-state index contributed by atoms with van der Waals surface area (Å²) in [6.07, 6.45) is 4.65. The van der Waals surface area contributed by atoms with E-state index in [1.807, 2.05) is 0 Å². The van der Waals surface area contributed by atoms with Crippen molar-refractivity contribution in [2.24, 2.45) is 0 Å². The number of anilines is 1. The van der Waals surface area contributed by atoms with Gasteiger partial charge in [0, 0.05) is 11.2 Å². The van der Waals surface area contributed by atoms with Crippen molar-refractivity contribution in [2.45, 2.75) is 0 Å². The molecule has 0 unspecified atom stereocenters. The van der Waals surface area contributed by atoms with Gasteiger partial charge in [-0.1, -0.05) is 11.6 Å². The van der Waals surface area contributed by atoms with Crippen LogP contribution < -0.4 is 4.31 Å². The molecule has 15 heavy (non-hydrogen) atoms. The predicted octanol–water partition coefficient (Wildman–Crippen LogP) is 2.52. The molecule has 0 atom stereocenters. The van der Waals surface area contributed by atoms with Crippen molar-refractivity contribution in [1.29, 1.82) is 0 Å². The SMILES string of the molecule is O=S1(=O)C=CC=CN1c1ccc(Cl)cc1. The van der Waals surface area contributed by atoms with E-state index in [0.717, 1.165) is 5.41 Å². The Kier molecular flexibility index (Phi) is 2.54. The molecule has 78 valence electrons. The average molecular weight is 242 g/mol. The van der Waals surface area contributed by atoms with Crippen molar-refractivity contribution in [3.63, 3.8) is 0 Å². The Morgan fingerprint density at radius 2 is 1.73 bits per heavy atom. The van der Waals surface area contributed by atoms with E-state index in [1.165, 1.54) is 16.6 Å². The zero-order chi connectivity index (χ0) is 10.9. The maximum Gasteiger partial charge on any atom is 0.261 e. The molecule has 1 aromatic rings. The van der Waals surface area contributed by atoms with Crippen LogP contribution in [-0.4, -0.2) is 8.42 Å². The molecule has 0 aromatic heterocycles. The summed E-state index contributed by atoms with van der Waals surface area (Å²) in [4.78, 5) is 0. The summed E-state index contributed by atoms with van der Waals surface area (Å²) in [5.41, 5.74) is 0.569. The van der Waals surface area contributed by atoms with Gasteiger partial charge in [-0.05, 0) is 36.4 Å². The maximum atomic E-state index is 11.6. The molecule has 3 nitrogen and oxygen atoms in total. The number of hydrogen-bond donors (Lipinski definition) is 0. The molecule has 1 heterocycles. The second-order valence-electron chi connectivity index (χ2n) is 2.99. The summed E-state index contributed by atoms with van der Waals surface area (Å²) in [6.45, 7) is 0. The lowest BCUT2D eigenvalue weighted by Crippen LogP contribution is -2.24. The lowest BCUT2D eigenvalue weighted by molar-refractivity contribution is 0.604. The van der Waals surface area contributed by atoms with Gasteiger partial charge in [0.25, 0.3) is 10.0 Å². The first-order valence-corrected chi connectivity index (χ1v) is 6.12. The van der Waals surface area contributed by atoms with Crippen molar-refractivity contribution in [3.05, 3.63) is 53.0 Å². The van der Waals surface area contributed by atoms with E-state index in [1.54, 1.807) is 30.3 Å². The first-order valence-electron chi connectivity index (χ1n) is 4.24. The number of nitrogens with zero attached hydrogens (tertiary/aromatic N) is 1. The molecule has 5 heteroatoms. The Morgan fingerprint density at radius 3 is 2.33 bits per heavy atom. The van der Waals surface area contributed by atoms with Gasteiger partial charge in [-0.2, -0.15) is 0 Å². The maximum absolute atomic E-state index is 11.6. The molecule has 0 N–H and O–H groups in total. The Bertz CT molecular complexity index is 517. The average Bonchev–Trinajstić information content (AvgIpc) is 2.19. The monoisotopic (exact) mass is 241 g/mol. The van der Waals surface area contributed by atoms with E-state index in [4.69, 9.17) is 11.6 Å². The third kappa shape index (κ3) is 2.06. The summed E-state index contributed by atoms with van der Waals surface area (Å²) in [6, 6.07) is 6.61. The van der Waals surface area contributed by atoms with E-state index in [2.05, 4.69) is 0 Å². The predicted molar refractivity (Wildman–Crippen MR) is 61.1 cm³/mol. The molecule has 0 spiro atoms. The highest BCUT2D eigenvalue weighted by atomic mass is 35.5. The second-order valence-corrected chi connectivity index (χ2v) is 5.12. The third-order valence-electron chi connectivity index (χ3n) is 1.94. The van der Waals surface area contributed by atoms with Crippen molar-refractivity contribution in [1.82, 2.24) is 0 Å². The van der Waals surface area contributed by atoms with Gasteiger partial charge in [-0.3, -0.25) is 0 Å². The molecule has 1 aliphatic rings. The van der Waals surface area contributed by atoms with E-state index in [0.29, 0.717) is 10.7 Å². The fourth-order valence-electron chi connectivity index (χ4n) is 1.24. The summed E-state index contributed by atoms with van der Waals surface area (Å²) < 4.78 is 24.4. The fourth-order valence-corrected chi connectivity index (χ4v) is 2.45. The minimum absolute atomic E-state index is 0.569. The van der Waals surface area contributed by atoms with Gasteiger partial charge in [0.15, 0.2) is 0 Å². The van der Waals surface area contributed by atoms with Gasteiger partial charge in [0.1, 0.15) is 0 Å². The van der Waals surface area contributed by atoms with E-state index in [9.17, 15) is 8.42 Å². The minimum Gasteiger partial charge on any atom is -0.242 e. The number of allylic oxidation sites excluding steroid dienone is 2. The quantitative estimate of drug-likeness (QED) is 0.758. The zero-order valence-corrected chi connectivity index (χ0v) is 9.24. The van der Waals surface area contributed by atoms with Crippen LogP contribution in [-0.2, 0) is 10.0 Å². The normalized spacial score (nSPS) is 18.1. The molecular weight excluding hydrogens is 234 g/mol. The number of sulfonamides is 1. The highest BCUT2D eigenvalue weighted by Crippen LogP contribution is 2.23. The van der Waals surface area contributed by atoms with E-state index < -0.39 is 10.0 Å². The smallest absolute Gasteiger partial charge is 0.242 e. The van der Waals surface area contributed by atoms with E-state index in [-0.39, 0.29) is 0 Å². The fraction of sp³-hybridized carbons (Fsp3) is 0. The molecule has 0 saturated heterocycles. The highest BCUT2D eigenvalue weighted by molar-refractivity contribution is 7.95. The molecule has 0 amide bonds. The van der Waals surface area contributed by atoms with Crippen molar-refractivity contribution >= 4 is 27.3 Å². The Balaban J connectivity index is 2.44. The summed E-state index contributed by atoms with van der Waals surface area (Å²) in [7, 11) is -3.37. The van der Waals surface area contributed by atoms with Crippen LogP contribution in [0, 0.1) is 0 Å². The summed E-state index contributed by atoms with van der Waals surface area (Å²) in [5, 5.41) is 1.73. The first-order chi connectivity index (χ1) is 7.09. The van der Waals surface area contributed by atoms with Crippen LogP contribution in [0.1, 0.15) is 0 Å². The van der Waals surface area contributed by atoms with E-state index >= 15 is 0 Å². The van der Waals surface area contributed by atoms with Crippen molar-refractivity contribution in [3.8, 4) is 0 Å². The molecule has 0 radical (unpaired) electrons. The molecule has 0 saturated carbocycles. The Morgan fingerprint density at radius 1 is 1.07 bits per heavy atom. The zero-order valence-electron chi connectivity index (χ0n) is 7.67. The first kappa shape index (κ1) is 10.3. The van der Waals surface area contributed by atoms with Gasteiger partial charge in [-0.25, -0.2) is 12.7 Å². The lowest BCUT2D eigenvalue weighted by atomic mass is 10.3. The summed E-state index contributed by atoms with van der Waals surface area (Å²) in [5.74, 6) is 0. The highest BCUT2D eigenvalue weighted by Gasteiger charge is 2.18. The molecule has 1 aromatic carbocycles. The van der Waals surface area contributed by atoms with Crippen LogP contribution in [0.3, 0.4) is 0 Å². The van der Waals surface area contributed by atoms with Crippen LogP contribution in [0.15, 0.2) is 48.0 Å². The molecule has 2 rings (SSSR count). The number of hydrogen-bond acceptors (Lipinski definition) is 2. The topological polar surface area (TPSA) is 37.4 Å². The van der Waals surface area contributed by atoms with Gasteiger partial charge in [-0.15, -0.1) is 0 Å². The van der Waals surface area contributed by atoms with Crippen molar-refractivity contribution in [2.75, 3.05) is 4.31 Å². The van der Waals surface area contributed by atoms with Crippen LogP contribution in [0.5, 0.6) is 0 Å². The summed E-state index contributed by atoms with van der Waals surface area (Å²) >= 11 is 5.72. The van der Waals surface area contributed by atoms with Gasteiger partial charge in [0.2, 0.25) is 0 Å². The molecule has 0 aliphatic carbocycles. The van der Waals surface area contributed by atoms with Crippen LogP contribution >= 0.6 is 11.6 Å². The third-order valence-corrected chi connectivity index (χ3v) is 3.57. The molecule has 0 bridgehead atoms. The van der Waals surface area contributed by atoms with Crippen LogP contribution in [0.2, 0.25) is 5.02 Å². The molecular formula is C10H8ClNO2S. The molecule has 0 fully saturated rings. The van der Waals surface area contributed by atoms with Gasteiger partial charge >= 0.3 is 0 Å². The Labute approximate surface area is 93.3 Å².